The van der Waals surface area contributed by atoms with Gasteiger partial charge in [0.15, 0.2) is 5.82 Å². The van der Waals surface area contributed by atoms with E-state index in [1.807, 2.05) is 62.4 Å². The smallest absolute Gasteiger partial charge is 0.255 e. The summed E-state index contributed by atoms with van der Waals surface area (Å²) in [5.74, 6) is 1.06. The van der Waals surface area contributed by atoms with Gasteiger partial charge >= 0.3 is 0 Å². The summed E-state index contributed by atoms with van der Waals surface area (Å²) in [4.78, 5) is 21.2. The van der Waals surface area contributed by atoms with Crippen molar-refractivity contribution in [1.82, 2.24) is 15.3 Å². The monoisotopic (exact) mass is 347 g/mol. The molecule has 0 aliphatic carbocycles. The second-order valence-corrected chi connectivity index (χ2v) is 5.83. The molecule has 0 unspecified atom stereocenters. The van der Waals surface area contributed by atoms with Crippen LogP contribution in [0.2, 0.25) is 0 Å². The number of rotatable bonds is 6. The van der Waals surface area contributed by atoms with E-state index in [1.165, 1.54) is 0 Å². The van der Waals surface area contributed by atoms with E-state index in [0.29, 0.717) is 23.7 Å². The molecule has 1 N–H and O–H groups in total. The Bertz CT molecular complexity index is 895. The predicted molar refractivity (Wildman–Crippen MR) is 101 cm³/mol. The zero-order valence-corrected chi connectivity index (χ0v) is 14.9. The topological polar surface area (TPSA) is 64.1 Å². The Morgan fingerprint density at radius 2 is 1.77 bits per heavy atom. The lowest BCUT2D eigenvalue weighted by atomic mass is 10.2. The molecule has 1 amide bonds. The molecule has 0 saturated heterocycles. The summed E-state index contributed by atoms with van der Waals surface area (Å²) in [5, 5.41) is 2.80. The maximum absolute atomic E-state index is 12.2. The highest BCUT2D eigenvalue weighted by atomic mass is 16.5. The van der Waals surface area contributed by atoms with E-state index in [1.54, 1.807) is 12.1 Å². The van der Waals surface area contributed by atoms with Crippen LogP contribution in [0.5, 0.6) is 5.75 Å². The molecule has 0 saturated carbocycles. The van der Waals surface area contributed by atoms with Gasteiger partial charge in [-0.05, 0) is 32.0 Å². The van der Waals surface area contributed by atoms with Crippen LogP contribution in [-0.2, 0) is 6.61 Å². The molecule has 0 aliphatic rings. The average Bonchev–Trinajstić information content (AvgIpc) is 2.67. The first-order valence-electron chi connectivity index (χ1n) is 8.57. The number of hydrogen-bond acceptors (Lipinski definition) is 4. The number of nitrogens with one attached hydrogen (secondary N) is 1. The molecule has 26 heavy (non-hydrogen) atoms. The number of amides is 1. The van der Waals surface area contributed by atoms with Crippen LogP contribution in [0.25, 0.3) is 11.4 Å². The lowest BCUT2D eigenvalue weighted by molar-refractivity contribution is 0.0951. The van der Waals surface area contributed by atoms with Crippen LogP contribution in [-0.4, -0.2) is 22.4 Å². The molecule has 5 heteroatoms. The standard InChI is InChI=1S/C21H21N3O2/c1-3-22-21(25)18-11-7-8-12-19(18)26-14-17-13-15(2)23-20(24-17)16-9-5-4-6-10-16/h4-13H,3,14H2,1-2H3,(H,22,25). The van der Waals surface area contributed by atoms with E-state index in [0.717, 1.165) is 17.0 Å². The van der Waals surface area contributed by atoms with E-state index in [2.05, 4.69) is 15.3 Å². The van der Waals surface area contributed by atoms with Crippen LogP contribution in [0.4, 0.5) is 0 Å². The van der Waals surface area contributed by atoms with Gasteiger partial charge in [-0.15, -0.1) is 0 Å². The predicted octanol–water partition coefficient (Wildman–Crippen LogP) is 3.78. The maximum atomic E-state index is 12.2. The maximum Gasteiger partial charge on any atom is 0.255 e. The molecule has 0 bridgehead atoms. The Labute approximate surface area is 153 Å². The van der Waals surface area contributed by atoms with Gasteiger partial charge in [0.1, 0.15) is 12.4 Å². The molecule has 0 aliphatic heterocycles. The van der Waals surface area contributed by atoms with Gasteiger partial charge in [0, 0.05) is 17.8 Å². The minimum absolute atomic E-state index is 0.146. The largest absolute Gasteiger partial charge is 0.486 e. The van der Waals surface area contributed by atoms with Crippen molar-refractivity contribution >= 4 is 5.91 Å². The number of para-hydroxylation sites is 1. The highest BCUT2D eigenvalue weighted by Gasteiger charge is 2.12. The Balaban J connectivity index is 1.81. The van der Waals surface area contributed by atoms with Gasteiger partial charge in [-0.2, -0.15) is 0 Å². The summed E-state index contributed by atoms with van der Waals surface area (Å²) in [6, 6.07) is 18.9. The summed E-state index contributed by atoms with van der Waals surface area (Å²) in [6.45, 7) is 4.65. The van der Waals surface area contributed by atoms with Crippen LogP contribution in [0.15, 0.2) is 60.7 Å². The van der Waals surface area contributed by atoms with Crippen LogP contribution < -0.4 is 10.1 Å². The van der Waals surface area contributed by atoms with Crippen molar-refractivity contribution in [3.8, 4) is 17.1 Å². The van der Waals surface area contributed by atoms with Crippen LogP contribution in [0.1, 0.15) is 28.7 Å². The third-order valence-electron chi connectivity index (χ3n) is 3.78. The second-order valence-electron chi connectivity index (χ2n) is 5.83. The fourth-order valence-electron chi connectivity index (χ4n) is 2.61. The van der Waals surface area contributed by atoms with Gasteiger partial charge in [-0.25, -0.2) is 9.97 Å². The van der Waals surface area contributed by atoms with Gasteiger partial charge in [0.05, 0.1) is 11.3 Å². The molecular weight excluding hydrogens is 326 g/mol. The van der Waals surface area contributed by atoms with Gasteiger partial charge < -0.3 is 10.1 Å². The third-order valence-corrected chi connectivity index (χ3v) is 3.78. The molecule has 1 heterocycles. The van der Waals surface area contributed by atoms with Gasteiger partial charge in [-0.1, -0.05) is 42.5 Å². The number of aromatic nitrogens is 2. The first-order valence-corrected chi connectivity index (χ1v) is 8.57. The van der Waals surface area contributed by atoms with Gasteiger partial charge in [-0.3, -0.25) is 4.79 Å². The molecule has 3 aromatic rings. The van der Waals surface area contributed by atoms with Crippen molar-refractivity contribution in [3.05, 3.63) is 77.6 Å². The summed E-state index contributed by atoms with van der Waals surface area (Å²) in [7, 11) is 0. The molecule has 0 atom stereocenters. The number of carbonyl (C=O) groups is 1. The molecule has 0 fully saturated rings. The van der Waals surface area contributed by atoms with Crippen molar-refractivity contribution in [2.75, 3.05) is 6.54 Å². The molecule has 2 aromatic carbocycles. The van der Waals surface area contributed by atoms with Gasteiger partial charge in [0.2, 0.25) is 0 Å². The number of carbonyl (C=O) groups excluding carboxylic acids is 1. The van der Waals surface area contributed by atoms with Gasteiger partial charge in [0.25, 0.3) is 5.91 Å². The number of ether oxygens (including phenoxy) is 1. The lowest BCUT2D eigenvalue weighted by Gasteiger charge is -2.12. The minimum atomic E-state index is -0.146. The fourth-order valence-corrected chi connectivity index (χ4v) is 2.61. The molecular formula is C21H21N3O2. The van der Waals surface area contributed by atoms with Crippen molar-refractivity contribution in [2.24, 2.45) is 0 Å². The Hall–Kier alpha value is -3.21. The highest BCUT2D eigenvalue weighted by Crippen LogP contribution is 2.20. The molecule has 5 nitrogen and oxygen atoms in total. The number of nitrogens with zero attached hydrogens (tertiary/aromatic N) is 2. The number of aryl methyl sites for hydroxylation is 1. The molecule has 1 aromatic heterocycles. The summed E-state index contributed by atoms with van der Waals surface area (Å²) < 4.78 is 5.89. The van der Waals surface area contributed by atoms with E-state index in [9.17, 15) is 4.79 Å². The van der Waals surface area contributed by atoms with E-state index in [-0.39, 0.29) is 12.5 Å². The first kappa shape index (κ1) is 17.6. The Morgan fingerprint density at radius 1 is 1.04 bits per heavy atom. The molecule has 132 valence electrons. The van der Waals surface area contributed by atoms with Crippen LogP contribution in [0, 0.1) is 6.92 Å². The Kier molecular flexibility index (Phi) is 5.59. The second kappa shape index (κ2) is 8.25. The zero-order valence-electron chi connectivity index (χ0n) is 14.9. The lowest BCUT2D eigenvalue weighted by Crippen LogP contribution is -2.23. The Morgan fingerprint density at radius 3 is 2.54 bits per heavy atom. The minimum Gasteiger partial charge on any atom is -0.486 e. The van der Waals surface area contributed by atoms with Crippen LogP contribution >= 0.6 is 0 Å². The summed E-state index contributed by atoms with van der Waals surface area (Å²) in [6.07, 6.45) is 0. The molecule has 0 spiro atoms. The quantitative estimate of drug-likeness (QED) is 0.737. The van der Waals surface area contributed by atoms with Crippen molar-refractivity contribution in [2.45, 2.75) is 20.5 Å². The van der Waals surface area contributed by atoms with Crippen molar-refractivity contribution < 1.29 is 9.53 Å². The number of hydrogen-bond donors (Lipinski definition) is 1. The third kappa shape index (κ3) is 4.25. The molecule has 3 rings (SSSR count). The number of benzene rings is 2. The van der Waals surface area contributed by atoms with Crippen LogP contribution in [0.3, 0.4) is 0 Å². The fraction of sp³-hybridized carbons (Fsp3) is 0.190. The van der Waals surface area contributed by atoms with E-state index < -0.39 is 0 Å². The summed E-state index contributed by atoms with van der Waals surface area (Å²) in [5.41, 5.74) is 3.11. The normalized spacial score (nSPS) is 10.4. The van der Waals surface area contributed by atoms with Crippen molar-refractivity contribution in [1.29, 1.82) is 0 Å². The average molecular weight is 347 g/mol. The van der Waals surface area contributed by atoms with Crippen molar-refractivity contribution in [3.63, 3.8) is 0 Å². The first-order chi connectivity index (χ1) is 12.7. The SMILES string of the molecule is CCNC(=O)c1ccccc1OCc1cc(C)nc(-c2ccccc2)n1. The van der Waals surface area contributed by atoms with E-state index >= 15 is 0 Å². The zero-order chi connectivity index (χ0) is 18.4. The summed E-state index contributed by atoms with van der Waals surface area (Å²) >= 11 is 0. The molecule has 0 radical (unpaired) electrons. The van der Waals surface area contributed by atoms with E-state index in [4.69, 9.17) is 4.74 Å². The highest BCUT2D eigenvalue weighted by molar-refractivity contribution is 5.96.